The molecule has 0 aromatic heterocycles. The normalized spacial score (nSPS) is 21.8. The van der Waals surface area contributed by atoms with Gasteiger partial charge in [-0.2, -0.15) is 0 Å². The van der Waals surface area contributed by atoms with Crippen LogP contribution < -0.4 is 0 Å². The molecule has 0 spiro atoms. The van der Waals surface area contributed by atoms with Crippen molar-refractivity contribution in [2.45, 2.75) is 55.3 Å². The van der Waals surface area contributed by atoms with Gasteiger partial charge in [0.25, 0.3) is 0 Å². The zero-order valence-corrected chi connectivity index (χ0v) is 13.2. The van der Waals surface area contributed by atoms with E-state index in [0.717, 1.165) is 44.1 Å². The molecular weight excluding hydrogens is 300 g/mol. The van der Waals surface area contributed by atoms with Crippen molar-refractivity contribution in [3.8, 4) is 0 Å². The van der Waals surface area contributed by atoms with Gasteiger partial charge in [0.15, 0.2) is 9.84 Å². The Hall–Kier alpha value is -1.36. The molecule has 0 aliphatic heterocycles. The van der Waals surface area contributed by atoms with Gasteiger partial charge in [0.1, 0.15) is 0 Å². The Balaban J connectivity index is 1.91. The quantitative estimate of drug-likeness (QED) is 0.873. The second-order valence-electron chi connectivity index (χ2n) is 7.02. The molecule has 3 aliphatic rings. The second-order valence-corrected chi connectivity index (χ2v) is 8.99. The number of carbonyl (C=O) groups is 1. The van der Waals surface area contributed by atoms with Gasteiger partial charge >= 0.3 is 5.97 Å². The van der Waals surface area contributed by atoms with E-state index in [-0.39, 0.29) is 23.2 Å². The summed E-state index contributed by atoms with van der Waals surface area (Å²) in [6.07, 6.45) is 5.80. The van der Waals surface area contributed by atoms with Gasteiger partial charge < -0.3 is 5.11 Å². The van der Waals surface area contributed by atoms with E-state index < -0.39 is 15.8 Å². The van der Waals surface area contributed by atoms with E-state index in [4.69, 9.17) is 0 Å². The summed E-state index contributed by atoms with van der Waals surface area (Å²) in [5.41, 5.74) is 1.69. The molecule has 0 amide bonds. The lowest BCUT2D eigenvalue weighted by molar-refractivity contribution is 0.0695. The molecule has 0 saturated heterocycles. The van der Waals surface area contributed by atoms with Crippen molar-refractivity contribution < 1.29 is 18.3 Å². The number of carboxylic acid groups (broad SMARTS) is 1. The lowest BCUT2D eigenvalue weighted by Crippen LogP contribution is -2.16. The Kier molecular flexibility index (Phi) is 3.12. The standard InChI is InChI=1S/C17H20O4S/c18-17(19)14-8-7-13(11-3-4-11)16(15(14)12-5-6-12)22(20,21)9-10-1-2-10/h7-8,10-12H,1-6,9H2,(H,18,19). The number of rotatable bonds is 6. The zero-order chi connectivity index (χ0) is 15.5. The molecule has 0 radical (unpaired) electrons. The van der Waals surface area contributed by atoms with Crippen LogP contribution in [0, 0.1) is 5.92 Å². The highest BCUT2D eigenvalue weighted by Crippen LogP contribution is 2.51. The molecular formula is C17H20O4S. The van der Waals surface area contributed by atoms with Crippen LogP contribution in [-0.2, 0) is 9.84 Å². The summed E-state index contributed by atoms with van der Waals surface area (Å²) < 4.78 is 25.9. The van der Waals surface area contributed by atoms with Gasteiger partial charge in [-0.25, -0.2) is 13.2 Å². The van der Waals surface area contributed by atoms with Crippen LogP contribution in [-0.4, -0.2) is 25.2 Å². The summed E-state index contributed by atoms with van der Waals surface area (Å²) >= 11 is 0. The van der Waals surface area contributed by atoms with E-state index >= 15 is 0 Å². The van der Waals surface area contributed by atoms with Crippen LogP contribution >= 0.6 is 0 Å². The summed E-state index contributed by atoms with van der Waals surface area (Å²) in [6, 6.07) is 3.38. The van der Waals surface area contributed by atoms with Gasteiger partial charge in [-0.1, -0.05) is 6.07 Å². The summed E-state index contributed by atoms with van der Waals surface area (Å²) in [5.74, 6) is -0.113. The molecule has 3 saturated carbocycles. The van der Waals surface area contributed by atoms with Crippen LogP contribution in [0.25, 0.3) is 0 Å². The molecule has 118 valence electrons. The monoisotopic (exact) mass is 320 g/mol. The van der Waals surface area contributed by atoms with Crippen molar-refractivity contribution in [1.82, 2.24) is 0 Å². The van der Waals surface area contributed by atoms with Gasteiger partial charge in [0.2, 0.25) is 0 Å². The molecule has 0 heterocycles. The molecule has 0 bridgehead atoms. The lowest BCUT2D eigenvalue weighted by Gasteiger charge is -2.17. The minimum atomic E-state index is -3.39. The molecule has 3 aliphatic carbocycles. The van der Waals surface area contributed by atoms with Gasteiger partial charge in [0, 0.05) is 0 Å². The fourth-order valence-corrected chi connectivity index (χ4v) is 5.65. The van der Waals surface area contributed by atoms with E-state index in [1.807, 2.05) is 0 Å². The number of benzene rings is 1. The van der Waals surface area contributed by atoms with Gasteiger partial charge in [-0.05, 0) is 73.5 Å². The van der Waals surface area contributed by atoms with Gasteiger partial charge in [-0.15, -0.1) is 0 Å². The number of sulfone groups is 1. The third-order valence-corrected chi connectivity index (χ3v) is 6.91. The summed E-state index contributed by atoms with van der Waals surface area (Å²) in [5, 5.41) is 9.48. The van der Waals surface area contributed by atoms with E-state index in [1.54, 1.807) is 12.1 Å². The summed E-state index contributed by atoms with van der Waals surface area (Å²) in [7, 11) is -3.39. The Labute approximate surface area is 130 Å². The van der Waals surface area contributed by atoms with E-state index in [1.165, 1.54) is 0 Å². The Morgan fingerprint density at radius 1 is 1.05 bits per heavy atom. The summed E-state index contributed by atoms with van der Waals surface area (Å²) in [6.45, 7) is 0. The van der Waals surface area contributed by atoms with Crippen LogP contribution in [0.5, 0.6) is 0 Å². The van der Waals surface area contributed by atoms with Gasteiger partial charge in [-0.3, -0.25) is 0 Å². The first-order chi connectivity index (χ1) is 10.5. The van der Waals surface area contributed by atoms with Crippen LogP contribution in [0.3, 0.4) is 0 Å². The molecule has 4 nitrogen and oxygen atoms in total. The highest BCUT2D eigenvalue weighted by Gasteiger charge is 2.41. The molecule has 1 aromatic carbocycles. The summed E-state index contributed by atoms with van der Waals surface area (Å²) in [4.78, 5) is 12.0. The Morgan fingerprint density at radius 3 is 2.18 bits per heavy atom. The maximum absolute atomic E-state index is 13.0. The minimum absolute atomic E-state index is 0.119. The third-order valence-electron chi connectivity index (χ3n) is 4.92. The number of aromatic carboxylic acids is 1. The molecule has 5 heteroatoms. The van der Waals surface area contributed by atoms with Crippen LogP contribution in [0.15, 0.2) is 17.0 Å². The predicted molar refractivity (Wildman–Crippen MR) is 82.1 cm³/mol. The molecule has 1 N–H and O–H groups in total. The predicted octanol–water partition coefficient (Wildman–Crippen LogP) is 3.32. The maximum atomic E-state index is 13.0. The Bertz CT molecular complexity index is 738. The number of carboxylic acids is 1. The number of hydrogen-bond acceptors (Lipinski definition) is 3. The van der Waals surface area contributed by atoms with Crippen LogP contribution in [0.4, 0.5) is 0 Å². The van der Waals surface area contributed by atoms with Crippen molar-refractivity contribution in [1.29, 1.82) is 0 Å². The first-order valence-electron chi connectivity index (χ1n) is 8.10. The van der Waals surface area contributed by atoms with E-state index in [9.17, 15) is 18.3 Å². The topological polar surface area (TPSA) is 71.4 Å². The zero-order valence-electron chi connectivity index (χ0n) is 12.4. The largest absolute Gasteiger partial charge is 0.478 e. The van der Waals surface area contributed by atoms with Gasteiger partial charge in [0.05, 0.1) is 16.2 Å². The molecule has 4 rings (SSSR count). The van der Waals surface area contributed by atoms with Crippen molar-refractivity contribution in [2.24, 2.45) is 5.92 Å². The van der Waals surface area contributed by atoms with Crippen molar-refractivity contribution in [3.63, 3.8) is 0 Å². The van der Waals surface area contributed by atoms with Crippen molar-refractivity contribution in [2.75, 3.05) is 5.75 Å². The smallest absolute Gasteiger partial charge is 0.336 e. The maximum Gasteiger partial charge on any atom is 0.336 e. The molecule has 22 heavy (non-hydrogen) atoms. The molecule has 3 fully saturated rings. The number of hydrogen-bond donors (Lipinski definition) is 1. The fraction of sp³-hybridized carbons (Fsp3) is 0.588. The molecule has 0 unspecified atom stereocenters. The average molecular weight is 320 g/mol. The van der Waals surface area contributed by atoms with Crippen LogP contribution in [0.2, 0.25) is 0 Å². The van der Waals surface area contributed by atoms with E-state index in [2.05, 4.69) is 0 Å². The van der Waals surface area contributed by atoms with Crippen molar-refractivity contribution >= 4 is 15.8 Å². The minimum Gasteiger partial charge on any atom is -0.478 e. The Morgan fingerprint density at radius 2 is 1.68 bits per heavy atom. The lowest BCUT2D eigenvalue weighted by atomic mass is 9.98. The molecule has 1 aromatic rings. The SMILES string of the molecule is O=C(O)c1ccc(C2CC2)c(S(=O)(=O)CC2CC2)c1C1CC1. The molecule has 0 atom stereocenters. The van der Waals surface area contributed by atoms with E-state index in [0.29, 0.717) is 16.4 Å². The fourth-order valence-electron chi connectivity index (χ4n) is 3.32. The highest BCUT2D eigenvalue weighted by atomic mass is 32.2. The average Bonchev–Trinajstić information content (AvgIpc) is 3.31. The highest BCUT2D eigenvalue weighted by molar-refractivity contribution is 7.91. The van der Waals surface area contributed by atoms with Crippen molar-refractivity contribution in [3.05, 3.63) is 28.8 Å². The first kappa shape index (κ1) is 14.2. The first-order valence-corrected chi connectivity index (χ1v) is 9.75. The second kappa shape index (κ2) is 4.82. The van der Waals surface area contributed by atoms with Crippen LogP contribution in [0.1, 0.15) is 71.8 Å². The third kappa shape index (κ3) is 2.56.